The number of aliphatic carboxylic acids is 1. The molecule has 0 amide bonds. The first kappa shape index (κ1) is 19.3. The highest BCUT2D eigenvalue weighted by molar-refractivity contribution is 6.02. The van der Waals surface area contributed by atoms with Crippen molar-refractivity contribution in [2.24, 2.45) is 23.5 Å². The van der Waals surface area contributed by atoms with Crippen LogP contribution in [-0.4, -0.2) is 65.4 Å². The molecule has 0 aromatic rings. The Morgan fingerprint density at radius 1 is 1.28 bits per heavy atom. The van der Waals surface area contributed by atoms with Gasteiger partial charge in [0.25, 0.3) is 0 Å². The third kappa shape index (κ3) is 2.90. The summed E-state index contributed by atoms with van der Waals surface area (Å²) in [5.74, 6) is -7.28. The van der Waals surface area contributed by atoms with Gasteiger partial charge in [-0.25, -0.2) is 8.78 Å². The summed E-state index contributed by atoms with van der Waals surface area (Å²) in [4.78, 5) is 26.0. The molecule has 0 aromatic carbocycles. The number of piperidine rings is 1. The summed E-state index contributed by atoms with van der Waals surface area (Å²) < 4.78 is 42.2. The number of allylic oxidation sites excluding steroid dienone is 2. The molecule has 2 saturated heterocycles. The molecule has 5 aliphatic rings. The second-order valence-corrected chi connectivity index (χ2v) is 8.72. The number of fused-ring (bicyclic) bond motifs is 1. The number of ketones is 1. The van der Waals surface area contributed by atoms with Crippen LogP contribution in [0.25, 0.3) is 0 Å². The van der Waals surface area contributed by atoms with Crippen molar-refractivity contribution in [1.29, 1.82) is 0 Å². The summed E-state index contributed by atoms with van der Waals surface area (Å²) in [6.07, 6.45) is 3.32. The van der Waals surface area contributed by atoms with Crippen LogP contribution in [0.2, 0.25) is 0 Å². The molecular weight excluding hydrogens is 386 g/mol. The Bertz CT molecular complexity index is 818. The van der Waals surface area contributed by atoms with Crippen LogP contribution in [0.3, 0.4) is 0 Å². The summed E-state index contributed by atoms with van der Waals surface area (Å²) in [7, 11) is 0. The van der Waals surface area contributed by atoms with Crippen LogP contribution in [0.1, 0.15) is 25.7 Å². The number of likely N-dealkylation sites (tertiary alicyclic amines) is 1. The second-order valence-electron chi connectivity index (χ2n) is 8.72. The van der Waals surface area contributed by atoms with E-state index < -0.39 is 59.0 Å². The van der Waals surface area contributed by atoms with Crippen LogP contribution in [0, 0.1) is 17.8 Å². The Morgan fingerprint density at radius 2 is 1.97 bits per heavy atom. The van der Waals surface area contributed by atoms with Gasteiger partial charge < -0.3 is 20.3 Å². The lowest BCUT2D eigenvalue weighted by atomic mass is 9.75. The molecule has 29 heavy (non-hydrogen) atoms. The molecule has 5 unspecified atom stereocenters. The Morgan fingerprint density at radius 3 is 2.59 bits per heavy atom. The van der Waals surface area contributed by atoms with Gasteiger partial charge in [0.05, 0.1) is 31.2 Å². The lowest BCUT2D eigenvalue weighted by molar-refractivity contribution is -0.161. The molecule has 0 bridgehead atoms. The van der Waals surface area contributed by atoms with Gasteiger partial charge in [-0.1, -0.05) is 0 Å². The van der Waals surface area contributed by atoms with E-state index >= 15 is 8.78 Å². The van der Waals surface area contributed by atoms with Crippen molar-refractivity contribution in [3.8, 4) is 0 Å². The molecule has 0 aromatic heterocycles. The molecule has 1 spiro atoms. The predicted molar refractivity (Wildman–Crippen MR) is 95.8 cm³/mol. The van der Waals surface area contributed by atoms with Crippen LogP contribution < -0.4 is 5.73 Å². The number of rotatable bonds is 3. The summed E-state index contributed by atoms with van der Waals surface area (Å²) in [5.41, 5.74) is 6.12. The van der Waals surface area contributed by atoms with Crippen LogP contribution in [0.4, 0.5) is 8.78 Å². The summed E-state index contributed by atoms with van der Waals surface area (Å²) in [6, 6.07) is -1.42. The molecule has 4 fully saturated rings. The van der Waals surface area contributed by atoms with E-state index in [2.05, 4.69) is 0 Å². The zero-order chi connectivity index (χ0) is 20.5. The van der Waals surface area contributed by atoms with Gasteiger partial charge in [0.1, 0.15) is 17.6 Å². The van der Waals surface area contributed by atoms with Crippen LogP contribution >= 0.6 is 0 Å². The number of carboxylic acid groups (broad SMARTS) is 1. The zero-order valence-corrected chi connectivity index (χ0v) is 15.9. The number of Topliss-reactive ketones (excluding diaryl/α,β-unsaturated/α-hetero) is 1. The minimum atomic E-state index is -1.27. The van der Waals surface area contributed by atoms with Crippen molar-refractivity contribution < 1.29 is 33.0 Å². The SMILES string of the molecule is NC1CC(C2=C(F)C3C(C=C2F)C(=O)C(C(=O)O)CN3C2CC2)CC12OCCO2. The maximum absolute atomic E-state index is 15.8. The van der Waals surface area contributed by atoms with E-state index in [1.54, 1.807) is 4.90 Å². The van der Waals surface area contributed by atoms with Crippen LogP contribution in [0.5, 0.6) is 0 Å². The summed E-state index contributed by atoms with van der Waals surface area (Å²) >= 11 is 0. The highest BCUT2D eigenvalue weighted by atomic mass is 19.1. The number of halogens is 2. The topological polar surface area (TPSA) is 102 Å². The van der Waals surface area contributed by atoms with Gasteiger partial charge in [-0.05, 0) is 31.3 Å². The second kappa shape index (κ2) is 6.66. The van der Waals surface area contributed by atoms with Crippen LogP contribution in [-0.2, 0) is 19.1 Å². The van der Waals surface area contributed by atoms with Crippen molar-refractivity contribution in [1.82, 2.24) is 4.90 Å². The first-order valence-corrected chi connectivity index (χ1v) is 10.2. The molecular formula is C20H24F2N2O5. The molecule has 0 radical (unpaired) electrons. The lowest BCUT2D eigenvalue weighted by Gasteiger charge is -2.43. The van der Waals surface area contributed by atoms with Gasteiger partial charge in [0.2, 0.25) is 0 Å². The number of hydrogen-bond acceptors (Lipinski definition) is 6. The Balaban J connectivity index is 1.50. The van der Waals surface area contributed by atoms with E-state index in [1.165, 1.54) is 0 Å². The largest absolute Gasteiger partial charge is 0.481 e. The number of carbonyl (C=O) groups is 2. The van der Waals surface area contributed by atoms with Crippen LogP contribution in [0.15, 0.2) is 23.3 Å². The smallest absolute Gasteiger partial charge is 0.315 e. The Kier molecular flexibility index (Phi) is 4.43. The number of carbonyl (C=O) groups excluding carboxylic acids is 1. The van der Waals surface area contributed by atoms with Gasteiger partial charge >= 0.3 is 5.97 Å². The minimum absolute atomic E-state index is 0.0256. The van der Waals surface area contributed by atoms with E-state index in [0.29, 0.717) is 19.6 Å². The molecule has 2 heterocycles. The monoisotopic (exact) mass is 410 g/mol. The molecule has 158 valence electrons. The first-order chi connectivity index (χ1) is 13.8. The molecule has 2 saturated carbocycles. The number of hydrogen-bond donors (Lipinski definition) is 2. The fraction of sp³-hybridized carbons (Fsp3) is 0.700. The maximum atomic E-state index is 15.8. The van der Waals surface area contributed by atoms with Crippen molar-refractivity contribution in [2.75, 3.05) is 19.8 Å². The molecule has 9 heteroatoms. The van der Waals surface area contributed by atoms with Gasteiger partial charge in [-0.15, -0.1) is 0 Å². The Hall–Kier alpha value is -1.68. The standard InChI is InChI=1S/C20H24F2N2O5/c21-13-6-11-17(24(10-1-2-10)8-12(18(11)25)19(26)27)16(22)15(13)9-5-14(23)20(7-9)28-3-4-29-20/h6,9-12,14,17H,1-5,7-8,23H2,(H,26,27). The highest BCUT2D eigenvalue weighted by Gasteiger charge is 2.56. The number of nitrogens with zero attached hydrogens (tertiary/aromatic N) is 1. The predicted octanol–water partition coefficient (Wildman–Crippen LogP) is 1.29. The summed E-state index contributed by atoms with van der Waals surface area (Å²) in [6.45, 7) is 0.744. The Labute approximate surface area is 166 Å². The van der Waals surface area contributed by atoms with E-state index in [1.807, 2.05) is 0 Å². The molecule has 7 nitrogen and oxygen atoms in total. The first-order valence-electron chi connectivity index (χ1n) is 10.2. The van der Waals surface area contributed by atoms with E-state index in [9.17, 15) is 14.7 Å². The lowest BCUT2D eigenvalue weighted by Crippen LogP contribution is -2.57. The molecule has 2 aliphatic heterocycles. The van der Waals surface area contributed by atoms with E-state index in [0.717, 1.165) is 18.9 Å². The number of ether oxygens (including phenoxy) is 2. The average Bonchev–Trinajstić information content (AvgIpc) is 3.32. The molecule has 3 aliphatic carbocycles. The van der Waals surface area contributed by atoms with Gasteiger partial charge in [-0.3, -0.25) is 14.5 Å². The van der Waals surface area contributed by atoms with Crippen molar-refractivity contribution in [2.45, 2.75) is 49.6 Å². The molecule has 5 rings (SSSR count). The fourth-order valence-corrected chi connectivity index (χ4v) is 5.46. The molecule has 3 N–H and O–H groups in total. The zero-order valence-electron chi connectivity index (χ0n) is 15.9. The number of carboxylic acids is 1. The summed E-state index contributed by atoms with van der Waals surface area (Å²) in [5, 5.41) is 9.41. The highest BCUT2D eigenvalue weighted by Crippen LogP contribution is 2.50. The normalized spacial score (nSPS) is 39.8. The van der Waals surface area contributed by atoms with Crippen molar-refractivity contribution in [3.63, 3.8) is 0 Å². The minimum Gasteiger partial charge on any atom is -0.481 e. The third-order valence-electron chi connectivity index (χ3n) is 7.00. The van der Waals surface area contributed by atoms with Gasteiger partial charge in [0, 0.05) is 24.6 Å². The number of nitrogens with two attached hydrogens (primary N) is 1. The average molecular weight is 410 g/mol. The van der Waals surface area contributed by atoms with Crippen molar-refractivity contribution >= 4 is 11.8 Å². The molecule has 5 atom stereocenters. The quantitative estimate of drug-likeness (QED) is 0.676. The van der Waals surface area contributed by atoms with Crippen molar-refractivity contribution in [3.05, 3.63) is 23.3 Å². The van der Waals surface area contributed by atoms with Gasteiger partial charge in [0.15, 0.2) is 11.6 Å². The van der Waals surface area contributed by atoms with E-state index in [4.69, 9.17) is 15.2 Å². The maximum Gasteiger partial charge on any atom is 0.315 e. The fourth-order valence-electron chi connectivity index (χ4n) is 5.46. The van der Waals surface area contributed by atoms with Gasteiger partial charge in [-0.2, -0.15) is 0 Å². The van der Waals surface area contributed by atoms with E-state index in [-0.39, 0.29) is 24.6 Å². The third-order valence-corrected chi connectivity index (χ3v) is 7.00.